The van der Waals surface area contributed by atoms with Gasteiger partial charge in [-0.25, -0.2) is 0 Å². The van der Waals surface area contributed by atoms with E-state index in [9.17, 15) is 0 Å². The summed E-state index contributed by atoms with van der Waals surface area (Å²) in [6, 6.07) is 76.5. The van der Waals surface area contributed by atoms with Crippen LogP contribution in [0.15, 0.2) is 217 Å². The molecule has 262 valence electrons. The van der Waals surface area contributed by atoms with E-state index in [-0.39, 0.29) is 0 Å². The van der Waals surface area contributed by atoms with E-state index in [0.29, 0.717) is 0 Å². The Morgan fingerprint density at radius 1 is 0.268 bits per heavy atom. The van der Waals surface area contributed by atoms with Crippen molar-refractivity contribution in [2.75, 3.05) is 4.90 Å². The van der Waals surface area contributed by atoms with Gasteiger partial charge >= 0.3 is 0 Å². The number of nitrogens with zero attached hydrogens (tertiary/aromatic N) is 1. The van der Waals surface area contributed by atoms with Crippen molar-refractivity contribution in [1.82, 2.24) is 0 Å². The number of hydrogen-bond donors (Lipinski definition) is 0. The largest absolute Gasteiger partial charge is 0.456 e. The van der Waals surface area contributed by atoms with Crippen molar-refractivity contribution < 1.29 is 4.42 Å². The predicted octanol–water partition coefficient (Wildman–Crippen LogP) is 15.5. The molecule has 0 N–H and O–H groups in total. The molecule has 0 aliphatic rings. The van der Waals surface area contributed by atoms with Crippen LogP contribution in [0.4, 0.5) is 17.1 Å². The van der Waals surface area contributed by atoms with E-state index in [0.717, 1.165) is 50.1 Å². The highest BCUT2D eigenvalue weighted by molar-refractivity contribution is 6.36. The van der Waals surface area contributed by atoms with E-state index in [4.69, 9.17) is 4.42 Å². The standard InChI is InChI=1S/C54H35NO/c1-4-15-36(16-5-1)39-27-29-42(30-28-39)55(43-34-40(37-17-6-2-7-18-37)33-41(35-43)38-19-8-3-9-20-38)49-25-14-24-45-47-31-32-51-54(48-23-12-13-26-50(48)56-51)53(47)46-22-11-10-21-44(46)52(45)49/h1-35H. The van der Waals surface area contributed by atoms with E-state index in [2.05, 4.69) is 211 Å². The van der Waals surface area contributed by atoms with Gasteiger partial charge < -0.3 is 9.32 Å². The van der Waals surface area contributed by atoms with E-state index in [1.165, 1.54) is 54.6 Å². The summed E-state index contributed by atoms with van der Waals surface area (Å²) in [5.41, 5.74) is 12.2. The molecule has 0 fully saturated rings. The third-order valence-corrected chi connectivity index (χ3v) is 11.2. The first kappa shape index (κ1) is 32.0. The van der Waals surface area contributed by atoms with Crippen LogP contribution in [0.25, 0.3) is 87.6 Å². The van der Waals surface area contributed by atoms with Crippen molar-refractivity contribution in [1.29, 1.82) is 0 Å². The Labute approximate surface area is 325 Å². The second-order valence-corrected chi connectivity index (χ2v) is 14.5. The maximum Gasteiger partial charge on any atom is 0.136 e. The Balaban J connectivity index is 1.24. The predicted molar refractivity (Wildman–Crippen MR) is 237 cm³/mol. The lowest BCUT2D eigenvalue weighted by molar-refractivity contribution is 0.669. The molecule has 1 aromatic heterocycles. The second kappa shape index (κ2) is 13.2. The van der Waals surface area contributed by atoms with Gasteiger partial charge in [-0.3, -0.25) is 0 Å². The highest BCUT2D eigenvalue weighted by atomic mass is 16.3. The van der Waals surface area contributed by atoms with E-state index < -0.39 is 0 Å². The summed E-state index contributed by atoms with van der Waals surface area (Å²) in [7, 11) is 0. The van der Waals surface area contributed by atoms with E-state index in [1.807, 2.05) is 6.07 Å². The fraction of sp³-hybridized carbons (Fsp3) is 0. The van der Waals surface area contributed by atoms with Crippen molar-refractivity contribution in [2.45, 2.75) is 0 Å². The summed E-state index contributed by atoms with van der Waals surface area (Å²) < 4.78 is 6.43. The van der Waals surface area contributed by atoms with Gasteiger partial charge in [0.2, 0.25) is 0 Å². The number of hydrogen-bond acceptors (Lipinski definition) is 2. The van der Waals surface area contributed by atoms with Gasteiger partial charge in [-0.1, -0.05) is 158 Å². The van der Waals surface area contributed by atoms with Crippen LogP contribution >= 0.6 is 0 Å². The van der Waals surface area contributed by atoms with Crippen molar-refractivity contribution in [3.63, 3.8) is 0 Å². The van der Waals surface area contributed by atoms with Crippen LogP contribution in [0.2, 0.25) is 0 Å². The zero-order valence-electron chi connectivity index (χ0n) is 30.6. The highest BCUT2D eigenvalue weighted by Crippen LogP contribution is 2.48. The monoisotopic (exact) mass is 713 g/mol. The molecule has 0 aliphatic carbocycles. The number of rotatable bonds is 6. The van der Waals surface area contributed by atoms with Crippen LogP contribution in [0, 0.1) is 0 Å². The van der Waals surface area contributed by atoms with Gasteiger partial charge in [-0.15, -0.1) is 0 Å². The molecule has 0 saturated carbocycles. The molecule has 56 heavy (non-hydrogen) atoms. The molecule has 0 aliphatic heterocycles. The van der Waals surface area contributed by atoms with Gasteiger partial charge in [0, 0.05) is 32.9 Å². The minimum Gasteiger partial charge on any atom is -0.456 e. The summed E-state index contributed by atoms with van der Waals surface area (Å²) >= 11 is 0. The smallest absolute Gasteiger partial charge is 0.136 e. The van der Waals surface area contributed by atoms with Crippen LogP contribution in [-0.4, -0.2) is 0 Å². The first-order valence-corrected chi connectivity index (χ1v) is 19.2. The van der Waals surface area contributed by atoms with Gasteiger partial charge in [-0.05, 0) is 110 Å². The summed E-state index contributed by atoms with van der Waals surface area (Å²) in [5.74, 6) is 0. The van der Waals surface area contributed by atoms with E-state index >= 15 is 0 Å². The van der Waals surface area contributed by atoms with Gasteiger partial charge in [0.25, 0.3) is 0 Å². The molecule has 10 aromatic carbocycles. The SMILES string of the molecule is c1ccc(-c2ccc(N(c3cc(-c4ccccc4)cc(-c4ccccc4)c3)c3cccc4c5ccc6oc7ccccc7c6c5c5ccccc5c34)cc2)cc1. The molecule has 0 atom stereocenters. The van der Waals surface area contributed by atoms with Crippen LogP contribution in [0.1, 0.15) is 0 Å². The molecule has 11 rings (SSSR count). The third kappa shape index (κ3) is 5.26. The van der Waals surface area contributed by atoms with Crippen LogP contribution in [0.3, 0.4) is 0 Å². The fourth-order valence-electron chi connectivity index (χ4n) is 8.67. The minimum absolute atomic E-state index is 0.908. The average molecular weight is 714 g/mol. The van der Waals surface area contributed by atoms with Gasteiger partial charge in [0.05, 0.1) is 5.69 Å². The molecule has 0 unspecified atom stereocenters. The molecule has 0 radical (unpaired) electrons. The topological polar surface area (TPSA) is 16.4 Å². The molecular weight excluding hydrogens is 679 g/mol. The summed E-state index contributed by atoms with van der Waals surface area (Å²) in [5, 5.41) is 9.57. The number of fused-ring (bicyclic) bond motifs is 10. The van der Waals surface area contributed by atoms with Crippen LogP contribution in [0.5, 0.6) is 0 Å². The Bertz CT molecular complexity index is 3130. The molecule has 2 nitrogen and oxygen atoms in total. The maximum absolute atomic E-state index is 6.43. The van der Waals surface area contributed by atoms with Crippen LogP contribution < -0.4 is 4.90 Å². The summed E-state index contributed by atoms with van der Waals surface area (Å²) in [6.07, 6.45) is 0. The fourth-order valence-corrected chi connectivity index (χ4v) is 8.67. The zero-order chi connectivity index (χ0) is 37.0. The number of benzene rings is 10. The van der Waals surface area contributed by atoms with Crippen molar-refractivity contribution in [3.8, 4) is 33.4 Å². The summed E-state index contributed by atoms with van der Waals surface area (Å²) in [4.78, 5) is 2.46. The van der Waals surface area contributed by atoms with E-state index in [1.54, 1.807) is 0 Å². The molecule has 1 heterocycles. The lowest BCUT2D eigenvalue weighted by Crippen LogP contribution is -2.11. The Hall–Kier alpha value is -7.42. The lowest BCUT2D eigenvalue weighted by Gasteiger charge is -2.29. The maximum atomic E-state index is 6.43. The van der Waals surface area contributed by atoms with Gasteiger partial charge in [0.15, 0.2) is 0 Å². The lowest BCUT2D eigenvalue weighted by atomic mass is 9.90. The zero-order valence-corrected chi connectivity index (χ0v) is 30.6. The average Bonchev–Trinajstić information content (AvgIpc) is 3.66. The molecule has 0 amide bonds. The Kier molecular flexibility index (Phi) is 7.53. The van der Waals surface area contributed by atoms with Gasteiger partial charge in [-0.2, -0.15) is 0 Å². The first-order valence-electron chi connectivity index (χ1n) is 19.2. The van der Waals surface area contributed by atoms with Crippen LogP contribution in [-0.2, 0) is 0 Å². The Morgan fingerprint density at radius 3 is 1.38 bits per heavy atom. The molecule has 0 bridgehead atoms. The van der Waals surface area contributed by atoms with Crippen molar-refractivity contribution in [2.24, 2.45) is 0 Å². The van der Waals surface area contributed by atoms with Gasteiger partial charge in [0.1, 0.15) is 11.2 Å². The highest BCUT2D eigenvalue weighted by Gasteiger charge is 2.22. The van der Waals surface area contributed by atoms with Crippen molar-refractivity contribution >= 4 is 71.3 Å². The summed E-state index contributed by atoms with van der Waals surface area (Å²) in [6.45, 7) is 0. The normalized spacial score (nSPS) is 11.6. The number of furan rings is 1. The molecule has 2 heteroatoms. The van der Waals surface area contributed by atoms with Crippen molar-refractivity contribution in [3.05, 3.63) is 212 Å². The number of para-hydroxylation sites is 1. The molecule has 11 aromatic rings. The molecular formula is C54H35NO. The second-order valence-electron chi connectivity index (χ2n) is 14.5. The quantitative estimate of drug-likeness (QED) is 0.160. The minimum atomic E-state index is 0.908. The molecule has 0 spiro atoms. The molecule has 0 saturated heterocycles. The Morgan fingerprint density at radius 2 is 0.750 bits per heavy atom. The third-order valence-electron chi connectivity index (χ3n) is 11.2. The number of anilines is 3. The first-order chi connectivity index (χ1) is 27.8.